The van der Waals surface area contributed by atoms with Crippen molar-refractivity contribution in [1.29, 1.82) is 0 Å². The predicted octanol–water partition coefficient (Wildman–Crippen LogP) is 2.01. The van der Waals surface area contributed by atoms with Gasteiger partial charge in [-0.1, -0.05) is 12.8 Å². The Kier molecular flexibility index (Phi) is 6.23. The van der Waals surface area contributed by atoms with Crippen molar-refractivity contribution in [2.45, 2.75) is 31.2 Å². The summed E-state index contributed by atoms with van der Waals surface area (Å²) < 4.78 is 18.0. The van der Waals surface area contributed by atoms with Crippen LogP contribution in [0.4, 0.5) is 4.39 Å². The van der Waals surface area contributed by atoms with Crippen LogP contribution < -0.4 is 15.8 Å². The Hall–Kier alpha value is -1.33. The minimum Gasteiger partial charge on any atom is -0.484 e. The lowest BCUT2D eigenvalue weighted by Crippen LogP contribution is -2.52. The molecule has 3 N–H and O–H groups in total. The number of ether oxygens (including phenoxy) is 1. The van der Waals surface area contributed by atoms with Crippen molar-refractivity contribution >= 4 is 18.3 Å². The molecule has 1 amide bonds. The molecule has 1 aliphatic rings. The Morgan fingerprint density at radius 1 is 1.30 bits per heavy atom. The number of nitrogens with one attached hydrogen (secondary N) is 1. The van der Waals surface area contributed by atoms with E-state index in [0.29, 0.717) is 12.3 Å². The summed E-state index contributed by atoms with van der Waals surface area (Å²) in [6.07, 6.45) is 4.03. The van der Waals surface area contributed by atoms with E-state index in [1.54, 1.807) is 0 Å². The van der Waals surface area contributed by atoms with E-state index < -0.39 is 0 Å². The lowest BCUT2D eigenvalue weighted by atomic mass is 9.98. The van der Waals surface area contributed by atoms with Crippen LogP contribution in [-0.2, 0) is 4.79 Å². The zero-order valence-electron chi connectivity index (χ0n) is 11.2. The molecule has 2 rings (SSSR count). The summed E-state index contributed by atoms with van der Waals surface area (Å²) in [4.78, 5) is 11.8. The van der Waals surface area contributed by atoms with Crippen LogP contribution in [0.5, 0.6) is 5.75 Å². The first-order chi connectivity index (χ1) is 9.13. The second-order valence-corrected chi connectivity index (χ2v) is 4.98. The molecule has 0 aliphatic heterocycles. The van der Waals surface area contributed by atoms with Gasteiger partial charge in [-0.05, 0) is 37.1 Å². The van der Waals surface area contributed by atoms with Gasteiger partial charge < -0.3 is 15.8 Å². The van der Waals surface area contributed by atoms with Crippen LogP contribution in [0.2, 0.25) is 0 Å². The fraction of sp³-hybridized carbons (Fsp3) is 0.500. The van der Waals surface area contributed by atoms with Gasteiger partial charge in [-0.3, -0.25) is 4.79 Å². The average molecular weight is 303 g/mol. The molecular formula is C14H20ClFN2O2. The number of hydrogen-bond donors (Lipinski definition) is 2. The van der Waals surface area contributed by atoms with Crippen LogP contribution in [0, 0.1) is 5.82 Å². The van der Waals surface area contributed by atoms with Crippen LogP contribution in [-0.4, -0.2) is 24.6 Å². The summed E-state index contributed by atoms with van der Waals surface area (Å²) in [5.74, 6) is -0.0358. The Morgan fingerprint density at radius 2 is 1.90 bits per heavy atom. The maximum absolute atomic E-state index is 12.7. The predicted molar refractivity (Wildman–Crippen MR) is 77.5 cm³/mol. The topological polar surface area (TPSA) is 64.3 Å². The highest BCUT2D eigenvalue weighted by Crippen LogP contribution is 2.28. The highest BCUT2D eigenvalue weighted by Gasteiger charge is 2.33. The highest BCUT2D eigenvalue weighted by atomic mass is 35.5. The third kappa shape index (κ3) is 4.35. The van der Waals surface area contributed by atoms with Crippen molar-refractivity contribution in [3.63, 3.8) is 0 Å². The summed E-state index contributed by atoms with van der Waals surface area (Å²) in [7, 11) is 0. The van der Waals surface area contributed by atoms with Gasteiger partial charge in [0.25, 0.3) is 5.91 Å². The number of nitrogens with two attached hydrogens (primary N) is 1. The van der Waals surface area contributed by atoms with E-state index in [1.165, 1.54) is 24.3 Å². The smallest absolute Gasteiger partial charge is 0.258 e. The summed E-state index contributed by atoms with van der Waals surface area (Å²) >= 11 is 0. The minimum absolute atomic E-state index is 0. The number of carbonyl (C=O) groups excluding carboxylic acids is 1. The van der Waals surface area contributed by atoms with Crippen molar-refractivity contribution in [2.24, 2.45) is 5.73 Å². The van der Waals surface area contributed by atoms with Gasteiger partial charge in [-0.25, -0.2) is 4.39 Å². The lowest BCUT2D eigenvalue weighted by molar-refractivity contribution is -0.124. The summed E-state index contributed by atoms with van der Waals surface area (Å²) in [5.41, 5.74) is 5.48. The molecule has 1 fully saturated rings. The molecule has 20 heavy (non-hydrogen) atoms. The number of hydrogen-bond acceptors (Lipinski definition) is 3. The number of amides is 1. The van der Waals surface area contributed by atoms with Crippen molar-refractivity contribution in [3.8, 4) is 5.75 Å². The zero-order chi connectivity index (χ0) is 13.7. The maximum Gasteiger partial charge on any atom is 0.258 e. The molecule has 0 unspecified atom stereocenters. The van der Waals surface area contributed by atoms with Gasteiger partial charge in [0.1, 0.15) is 11.6 Å². The van der Waals surface area contributed by atoms with Gasteiger partial charge in [-0.2, -0.15) is 0 Å². The van der Waals surface area contributed by atoms with Crippen molar-refractivity contribution in [2.75, 3.05) is 13.2 Å². The maximum atomic E-state index is 12.7. The number of carbonyl (C=O) groups is 1. The average Bonchev–Trinajstić information content (AvgIpc) is 2.87. The first-order valence-electron chi connectivity index (χ1n) is 6.53. The number of halogens is 2. The SMILES string of the molecule is Cl.NCC1(NC(=O)COc2ccc(F)cc2)CCCC1. The van der Waals surface area contributed by atoms with Crippen LogP contribution in [0.15, 0.2) is 24.3 Å². The van der Waals surface area contributed by atoms with E-state index in [0.717, 1.165) is 25.7 Å². The second-order valence-electron chi connectivity index (χ2n) is 4.98. The summed E-state index contributed by atoms with van der Waals surface area (Å²) in [6, 6.07) is 5.59. The second kappa shape index (κ2) is 7.45. The van der Waals surface area contributed by atoms with Crippen LogP contribution in [0.3, 0.4) is 0 Å². The van der Waals surface area contributed by atoms with Crippen LogP contribution in [0.25, 0.3) is 0 Å². The molecule has 1 aromatic rings. The monoisotopic (exact) mass is 302 g/mol. The fourth-order valence-corrected chi connectivity index (χ4v) is 2.44. The van der Waals surface area contributed by atoms with Crippen molar-refractivity contribution in [1.82, 2.24) is 5.32 Å². The van der Waals surface area contributed by atoms with Crippen molar-refractivity contribution < 1.29 is 13.9 Å². The first-order valence-corrected chi connectivity index (χ1v) is 6.53. The van der Waals surface area contributed by atoms with Gasteiger partial charge in [0.15, 0.2) is 6.61 Å². The number of benzene rings is 1. The Morgan fingerprint density at radius 3 is 2.45 bits per heavy atom. The molecule has 0 heterocycles. The fourth-order valence-electron chi connectivity index (χ4n) is 2.44. The molecule has 0 spiro atoms. The molecule has 1 aliphatic carbocycles. The molecular weight excluding hydrogens is 283 g/mol. The molecule has 4 nitrogen and oxygen atoms in total. The van der Waals surface area contributed by atoms with Gasteiger partial charge >= 0.3 is 0 Å². The quantitative estimate of drug-likeness (QED) is 0.874. The van der Waals surface area contributed by atoms with Crippen LogP contribution in [0.1, 0.15) is 25.7 Å². The van der Waals surface area contributed by atoms with Gasteiger partial charge in [0.05, 0.1) is 5.54 Å². The zero-order valence-corrected chi connectivity index (χ0v) is 12.0. The molecule has 1 saturated carbocycles. The van der Waals surface area contributed by atoms with Crippen LogP contribution >= 0.6 is 12.4 Å². The Labute approximate surface area is 124 Å². The van der Waals surface area contributed by atoms with E-state index in [4.69, 9.17) is 10.5 Å². The van der Waals surface area contributed by atoms with E-state index >= 15 is 0 Å². The minimum atomic E-state index is -0.329. The highest BCUT2D eigenvalue weighted by molar-refractivity contribution is 5.85. The molecule has 0 aromatic heterocycles. The van der Waals surface area contributed by atoms with E-state index in [-0.39, 0.29) is 36.3 Å². The van der Waals surface area contributed by atoms with E-state index in [9.17, 15) is 9.18 Å². The van der Waals surface area contributed by atoms with Crippen molar-refractivity contribution in [3.05, 3.63) is 30.1 Å². The largest absolute Gasteiger partial charge is 0.484 e. The van der Waals surface area contributed by atoms with Gasteiger partial charge in [-0.15, -0.1) is 12.4 Å². The standard InChI is InChI=1S/C14H19FN2O2.ClH/c15-11-3-5-12(6-4-11)19-9-13(18)17-14(10-16)7-1-2-8-14;/h3-6H,1-2,7-10,16H2,(H,17,18);1H. The lowest BCUT2D eigenvalue weighted by Gasteiger charge is -2.28. The Bertz CT molecular complexity index is 433. The van der Waals surface area contributed by atoms with Gasteiger partial charge in [0, 0.05) is 6.54 Å². The number of rotatable bonds is 5. The molecule has 1 aromatic carbocycles. The summed E-state index contributed by atoms with van der Waals surface area (Å²) in [6.45, 7) is 0.378. The Balaban J connectivity index is 0.00000200. The molecule has 0 saturated heterocycles. The molecule has 0 radical (unpaired) electrons. The molecule has 6 heteroatoms. The van der Waals surface area contributed by atoms with Gasteiger partial charge in [0.2, 0.25) is 0 Å². The normalized spacial score (nSPS) is 16.3. The van der Waals surface area contributed by atoms with E-state index in [1.807, 2.05) is 0 Å². The molecule has 112 valence electrons. The molecule has 0 atom stereocenters. The molecule has 0 bridgehead atoms. The summed E-state index contributed by atoms with van der Waals surface area (Å²) in [5, 5.41) is 2.96. The third-order valence-corrected chi connectivity index (χ3v) is 3.54. The first kappa shape index (κ1) is 16.7. The third-order valence-electron chi connectivity index (χ3n) is 3.54. The van der Waals surface area contributed by atoms with E-state index in [2.05, 4.69) is 5.32 Å².